The summed E-state index contributed by atoms with van der Waals surface area (Å²) in [5.41, 5.74) is 1.50. The number of amides is 1. The summed E-state index contributed by atoms with van der Waals surface area (Å²) in [5.74, 6) is 1.19. The number of rotatable bonds is 4. The Hall–Kier alpha value is -0.970. The van der Waals surface area contributed by atoms with Crippen molar-refractivity contribution in [1.82, 2.24) is 15.1 Å². The summed E-state index contributed by atoms with van der Waals surface area (Å²) in [6.45, 7) is 4.08. The first-order valence-electron chi connectivity index (χ1n) is 7.02. The van der Waals surface area contributed by atoms with E-state index < -0.39 is 0 Å². The summed E-state index contributed by atoms with van der Waals surface area (Å²) in [6.07, 6.45) is 6.51. The summed E-state index contributed by atoms with van der Waals surface area (Å²) in [5, 5.41) is 8.10. The zero-order valence-corrected chi connectivity index (χ0v) is 12.8. The lowest BCUT2D eigenvalue weighted by Crippen LogP contribution is -2.39. The predicted octanol–water partition coefficient (Wildman–Crippen LogP) is 2.52. The highest BCUT2D eigenvalue weighted by molar-refractivity contribution is 7.99. The molecule has 2 atom stereocenters. The van der Waals surface area contributed by atoms with Crippen LogP contribution in [0.3, 0.4) is 0 Å². The second-order valence-corrected chi connectivity index (χ2v) is 6.79. The molecule has 1 aromatic rings. The first kappa shape index (κ1) is 14.4. The van der Waals surface area contributed by atoms with Crippen molar-refractivity contribution < 1.29 is 4.79 Å². The van der Waals surface area contributed by atoms with Gasteiger partial charge in [-0.25, -0.2) is 0 Å². The van der Waals surface area contributed by atoms with Crippen molar-refractivity contribution in [3.05, 3.63) is 17.5 Å². The molecule has 2 unspecified atom stereocenters. The molecule has 0 bridgehead atoms. The van der Waals surface area contributed by atoms with Crippen molar-refractivity contribution in [3.63, 3.8) is 0 Å². The number of hydrogen-bond acceptors (Lipinski definition) is 3. The molecule has 19 heavy (non-hydrogen) atoms. The van der Waals surface area contributed by atoms with Crippen molar-refractivity contribution in [3.8, 4) is 0 Å². The van der Waals surface area contributed by atoms with Gasteiger partial charge in [0, 0.05) is 24.5 Å². The molecule has 0 saturated heterocycles. The van der Waals surface area contributed by atoms with Gasteiger partial charge in [0.15, 0.2) is 0 Å². The Morgan fingerprint density at radius 1 is 1.58 bits per heavy atom. The van der Waals surface area contributed by atoms with Gasteiger partial charge in [-0.2, -0.15) is 16.9 Å². The number of carbonyl (C=O) groups excluding carboxylic acids is 1. The quantitative estimate of drug-likeness (QED) is 0.922. The molecule has 0 radical (unpaired) electrons. The number of thioether (sulfide) groups is 1. The highest BCUT2D eigenvalue weighted by atomic mass is 32.2. The van der Waals surface area contributed by atoms with E-state index in [1.54, 1.807) is 10.9 Å². The smallest absolute Gasteiger partial charge is 0.254 e. The minimum absolute atomic E-state index is 0.0257. The van der Waals surface area contributed by atoms with Crippen LogP contribution in [-0.2, 0) is 7.05 Å². The second kappa shape index (κ2) is 6.46. The SMILES string of the molecule is CCSC1CCCC(NC(=O)c2cn(C)nc2C)C1. The van der Waals surface area contributed by atoms with Crippen LogP contribution in [0.1, 0.15) is 48.7 Å². The predicted molar refractivity (Wildman–Crippen MR) is 79.6 cm³/mol. The Balaban J connectivity index is 1.93. The van der Waals surface area contributed by atoms with Gasteiger partial charge < -0.3 is 5.32 Å². The molecular weight excluding hydrogens is 258 g/mol. The Labute approximate surface area is 119 Å². The molecule has 1 aliphatic carbocycles. The van der Waals surface area contributed by atoms with Crippen LogP contribution in [-0.4, -0.2) is 32.7 Å². The summed E-state index contributed by atoms with van der Waals surface area (Å²) in [7, 11) is 1.85. The molecule has 1 heterocycles. The molecule has 1 aromatic heterocycles. The van der Waals surface area contributed by atoms with Crippen LogP contribution < -0.4 is 5.32 Å². The molecule has 0 aromatic carbocycles. The van der Waals surface area contributed by atoms with Crippen LogP contribution in [0.4, 0.5) is 0 Å². The number of carbonyl (C=O) groups is 1. The molecule has 5 heteroatoms. The molecule has 1 N–H and O–H groups in total. The molecule has 106 valence electrons. The fraction of sp³-hybridized carbons (Fsp3) is 0.714. The first-order chi connectivity index (χ1) is 9.10. The van der Waals surface area contributed by atoms with E-state index in [9.17, 15) is 4.79 Å². The van der Waals surface area contributed by atoms with Crippen molar-refractivity contribution in [1.29, 1.82) is 0 Å². The van der Waals surface area contributed by atoms with E-state index in [-0.39, 0.29) is 5.91 Å². The van der Waals surface area contributed by atoms with Gasteiger partial charge in [0.25, 0.3) is 5.91 Å². The fourth-order valence-corrected chi connectivity index (χ4v) is 3.92. The zero-order chi connectivity index (χ0) is 13.8. The average molecular weight is 281 g/mol. The van der Waals surface area contributed by atoms with Gasteiger partial charge in [-0.15, -0.1) is 0 Å². The number of hydrogen-bond donors (Lipinski definition) is 1. The number of nitrogens with one attached hydrogen (secondary N) is 1. The summed E-state index contributed by atoms with van der Waals surface area (Å²) in [6, 6.07) is 0.324. The monoisotopic (exact) mass is 281 g/mol. The third-order valence-corrected chi connectivity index (χ3v) is 4.85. The summed E-state index contributed by atoms with van der Waals surface area (Å²) < 4.78 is 1.70. The highest BCUT2D eigenvalue weighted by Crippen LogP contribution is 2.28. The van der Waals surface area contributed by atoms with Gasteiger partial charge in [-0.05, 0) is 31.9 Å². The van der Waals surface area contributed by atoms with Crippen LogP contribution in [0, 0.1) is 6.92 Å². The third kappa shape index (κ3) is 3.75. The summed E-state index contributed by atoms with van der Waals surface area (Å²) in [4.78, 5) is 12.2. The molecule has 1 saturated carbocycles. The van der Waals surface area contributed by atoms with Crippen molar-refractivity contribution >= 4 is 17.7 Å². The minimum atomic E-state index is 0.0257. The van der Waals surface area contributed by atoms with E-state index in [1.807, 2.05) is 25.7 Å². The molecule has 0 aliphatic heterocycles. The van der Waals surface area contributed by atoms with Crippen LogP contribution in [0.5, 0.6) is 0 Å². The maximum absolute atomic E-state index is 12.2. The van der Waals surface area contributed by atoms with E-state index in [0.717, 1.165) is 24.3 Å². The zero-order valence-electron chi connectivity index (χ0n) is 12.0. The topological polar surface area (TPSA) is 46.9 Å². The largest absolute Gasteiger partial charge is 0.349 e. The van der Waals surface area contributed by atoms with Gasteiger partial charge in [0.1, 0.15) is 0 Å². The third-order valence-electron chi connectivity index (χ3n) is 3.62. The van der Waals surface area contributed by atoms with Gasteiger partial charge in [-0.3, -0.25) is 9.48 Å². The Kier molecular flexibility index (Phi) is 4.91. The fourth-order valence-electron chi connectivity index (χ4n) is 2.75. The molecule has 1 amide bonds. The van der Waals surface area contributed by atoms with Crippen molar-refractivity contribution in [2.45, 2.75) is 50.8 Å². The lowest BCUT2D eigenvalue weighted by Gasteiger charge is -2.29. The van der Waals surface area contributed by atoms with E-state index in [1.165, 1.54) is 12.8 Å². The summed E-state index contributed by atoms with van der Waals surface area (Å²) >= 11 is 2.02. The van der Waals surface area contributed by atoms with E-state index in [2.05, 4.69) is 17.3 Å². The standard InChI is InChI=1S/C14H23N3OS/c1-4-19-12-7-5-6-11(8-12)15-14(18)13-9-17(3)16-10(13)2/h9,11-12H,4-8H2,1-3H3,(H,15,18). The first-order valence-corrected chi connectivity index (χ1v) is 8.07. The van der Waals surface area contributed by atoms with Gasteiger partial charge >= 0.3 is 0 Å². The molecule has 2 rings (SSSR count). The number of aromatic nitrogens is 2. The molecular formula is C14H23N3OS. The van der Waals surface area contributed by atoms with Crippen LogP contribution in [0.25, 0.3) is 0 Å². The van der Waals surface area contributed by atoms with Gasteiger partial charge in [-0.1, -0.05) is 13.3 Å². The lowest BCUT2D eigenvalue weighted by molar-refractivity contribution is 0.0928. The maximum Gasteiger partial charge on any atom is 0.254 e. The van der Waals surface area contributed by atoms with E-state index in [0.29, 0.717) is 16.9 Å². The average Bonchev–Trinajstić information content (AvgIpc) is 2.69. The normalized spacial score (nSPS) is 23.3. The van der Waals surface area contributed by atoms with Gasteiger partial charge in [0.2, 0.25) is 0 Å². The lowest BCUT2D eigenvalue weighted by atomic mass is 9.94. The Bertz CT molecular complexity index is 442. The van der Waals surface area contributed by atoms with Crippen LogP contribution >= 0.6 is 11.8 Å². The van der Waals surface area contributed by atoms with E-state index in [4.69, 9.17) is 0 Å². The van der Waals surface area contributed by atoms with E-state index >= 15 is 0 Å². The van der Waals surface area contributed by atoms with Gasteiger partial charge in [0.05, 0.1) is 11.3 Å². The Morgan fingerprint density at radius 2 is 2.37 bits per heavy atom. The maximum atomic E-state index is 12.2. The molecule has 1 fully saturated rings. The second-order valence-electron chi connectivity index (χ2n) is 5.22. The van der Waals surface area contributed by atoms with Crippen molar-refractivity contribution in [2.75, 3.05) is 5.75 Å². The number of nitrogens with zero attached hydrogens (tertiary/aromatic N) is 2. The minimum Gasteiger partial charge on any atom is -0.349 e. The molecule has 0 spiro atoms. The van der Waals surface area contributed by atoms with Crippen molar-refractivity contribution in [2.24, 2.45) is 7.05 Å². The van der Waals surface area contributed by atoms with Crippen LogP contribution in [0.2, 0.25) is 0 Å². The van der Waals surface area contributed by atoms with Crippen LogP contribution in [0.15, 0.2) is 6.20 Å². The number of aryl methyl sites for hydroxylation is 2. The highest BCUT2D eigenvalue weighted by Gasteiger charge is 2.24. The molecule has 1 aliphatic rings. The molecule has 4 nitrogen and oxygen atoms in total. The Morgan fingerprint density at radius 3 is 3.00 bits per heavy atom.